The molecule has 1 aromatic rings. The van der Waals surface area contributed by atoms with Crippen molar-refractivity contribution in [3.8, 4) is 0 Å². The molecule has 1 atom stereocenters. The van der Waals surface area contributed by atoms with Gasteiger partial charge in [0.15, 0.2) is 0 Å². The molecule has 0 fully saturated rings. The van der Waals surface area contributed by atoms with Crippen LogP contribution in [0.1, 0.15) is 12.0 Å². The smallest absolute Gasteiger partial charge is 0.346 e. The quantitative estimate of drug-likeness (QED) is 0.672. The Kier molecular flexibility index (Phi) is 8.46. The summed E-state index contributed by atoms with van der Waals surface area (Å²) in [6.07, 6.45) is -1.41. The monoisotopic (exact) mass is 396 g/mol. The van der Waals surface area contributed by atoms with E-state index < -0.39 is 34.7 Å². The van der Waals surface area contributed by atoms with Crippen molar-refractivity contribution < 1.29 is 26.4 Å². The second-order valence-electron chi connectivity index (χ2n) is 5.04. The number of hydrogen-bond acceptors (Lipinski definition) is 4. The van der Waals surface area contributed by atoms with Crippen molar-refractivity contribution in [2.24, 2.45) is 0 Å². The highest BCUT2D eigenvalue weighted by molar-refractivity contribution is 7.98. The van der Waals surface area contributed by atoms with Gasteiger partial charge < -0.3 is 5.32 Å². The minimum atomic E-state index is -4.56. The minimum Gasteiger partial charge on any atom is -0.346 e. The van der Waals surface area contributed by atoms with Crippen molar-refractivity contribution in [3.63, 3.8) is 0 Å². The molecule has 0 aliphatic rings. The van der Waals surface area contributed by atoms with E-state index in [0.29, 0.717) is 11.3 Å². The van der Waals surface area contributed by atoms with Crippen molar-refractivity contribution in [1.29, 1.82) is 0 Å². The number of thioether (sulfide) groups is 1. The molecule has 1 unspecified atom stereocenters. The van der Waals surface area contributed by atoms with Gasteiger partial charge in [-0.1, -0.05) is 30.3 Å². The molecule has 0 heterocycles. The highest BCUT2D eigenvalue weighted by Crippen LogP contribution is 2.13. The molecule has 10 heteroatoms. The SMILES string of the molecule is CSCCC(NS(=O)(=O)/C=C/c1ccccc1)C(=O)NCC(F)(F)F. The molecule has 5 nitrogen and oxygen atoms in total. The molecule has 0 saturated heterocycles. The Hall–Kier alpha value is -1.52. The summed E-state index contributed by atoms with van der Waals surface area (Å²) in [6, 6.07) is 7.32. The molecular weight excluding hydrogens is 377 g/mol. The zero-order chi connectivity index (χ0) is 18.9. The first-order valence-electron chi connectivity index (χ1n) is 7.22. The summed E-state index contributed by atoms with van der Waals surface area (Å²) in [4.78, 5) is 11.9. The fraction of sp³-hybridized carbons (Fsp3) is 0.400. The molecule has 1 aromatic carbocycles. The van der Waals surface area contributed by atoms with Crippen LogP contribution < -0.4 is 10.0 Å². The highest BCUT2D eigenvalue weighted by atomic mass is 32.2. The molecule has 0 bridgehead atoms. The van der Waals surface area contributed by atoms with Gasteiger partial charge in [-0.05, 0) is 30.1 Å². The lowest BCUT2D eigenvalue weighted by Gasteiger charge is -2.17. The zero-order valence-electron chi connectivity index (χ0n) is 13.4. The van der Waals surface area contributed by atoms with Crippen LogP contribution >= 0.6 is 11.8 Å². The van der Waals surface area contributed by atoms with Crippen LogP contribution in [0.3, 0.4) is 0 Å². The Morgan fingerprint density at radius 3 is 2.48 bits per heavy atom. The maximum atomic E-state index is 12.2. The lowest BCUT2D eigenvalue weighted by Crippen LogP contribution is -2.48. The van der Waals surface area contributed by atoms with Gasteiger partial charge in [0.05, 0.1) is 0 Å². The Balaban J connectivity index is 2.78. The molecule has 0 radical (unpaired) electrons. The van der Waals surface area contributed by atoms with Gasteiger partial charge in [-0.3, -0.25) is 4.79 Å². The molecule has 1 amide bonds. The zero-order valence-corrected chi connectivity index (χ0v) is 15.0. The summed E-state index contributed by atoms with van der Waals surface area (Å²) >= 11 is 1.35. The van der Waals surface area contributed by atoms with Crippen LogP contribution in [0.4, 0.5) is 13.2 Å². The van der Waals surface area contributed by atoms with Gasteiger partial charge in [-0.25, -0.2) is 8.42 Å². The predicted octanol–water partition coefficient (Wildman–Crippen LogP) is 2.38. The van der Waals surface area contributed by atoms with Crippen LogP contribution in [0, 0.1) is 0 Å². The lowest BCUT2D eigenvalue weighted by atomic mass is 10.2. The third-order valence-electron chi connectivity index (χ3n) is 2.94. The molecule has 0 aliphatic heterocycles. The highest BCUT2D eigenvalue weighted by Gasteiger charge is 2.30. The summed E-state index contributed by atoms with van der Waals surface area (Å²) < 4.78 is 62.9. The van der Waals surface area contributed by atoms with Gasteiger partial charge >= 0.3 is 6.18 Å². The van der Waals surface area contributed by atoms with Gasteiger partial charge in [-0.15, -0.1) is 0 Å². The van der Waals surface area contributed by atoms with Crippen LogP contribution in [0.5, 0.6) is 0 Å². The van der Waals surface area contributed by atoms with Gasteiger partial charge in [-0.2, -0.15) is 29.7 Å². The molecule has 0 spiro atoms. The summed E-state index contributed by atoms with van der Waals surface area (Å²) in [7, 11) is -3.99. The summed E-state index contributed by atoms with van der Waals surface area (Å²) in [5.41, 5.74) is 0.634. The topological polar surface area (TPSA) is 75.3 Å². The van der Waals surface area contributed by atoms with E-state index in [1.165, 1.54) is 17.8 Å². The van der Waals surface area contributed by atoms with Gasteiger partial charge in [0.2, 0.25) is 15.9 Å². The largest absolute Gasteiger partial charge is 0.405 e. The Bertz CT molecular complexity index is 677. The van der Waals surface area contributed by atoms with Crippen LogP contribution in [-0.2, 0) is 14.8 Å². The van der Waals surface area contributed by atoms with Crippen molar-refractivity contribution >= 4 is 33.8 Å². The average molecular weight is 396 g/mol. The fourth-order valence-corrected chi connectivity index (χ4v) is 3.27. The third-order valence-corrected chi connectivity index (χ3v) is 4.69. The van der Waals surface area contributed by atoms with E-state index in [2.05, 4.69) is 4.72 Å². The molecular formula is C15H19F3N2O3S2. The standard InChI is InChI=1S/C15H19F3N2O3S2/c1-24-9-7-13(14(21)19-11-15(16,17)18)20-25(22,23)10-8-12-5-3-2-4-6-12/h2-6,8,10,13,20H,7,9,11H2,1H3,(H,19,21)/b10-8+. The molecule has 25 heavy (non-hydrogen) atoms. The number of benzene rings is 1. The second kappa shape index (κ2) is 9.83. The third kappa shape index (κ3) is 9.51. The van der Waals surface area contributed by atoms with Crippen LogP contribution in [-0.4, -0.2) is 45.1 Å². The van der Waals surface area contributed by atoms with Crippen molar-refractivity contribution in [3.05, 3.63) is 41.3 Å². The summed E-state index contributed by atoms with van der Waals surface area (Å²) in [5.74, 6) is -0.599. The summed E-state index contributed by atoms with van der Waals surface area (Å²) in [5, 5.41) is 2.58. The minimum absolute atomic E-state index is 0.0727. The van der Waals surface area contributed by atoms with Crippen molar-refractivity contribution in [2.45, 2.75) is 18.6 Å². The number of halogens is 3. The van der Waals surface area contributed by atoms with Gasteiger partial charge in [0.1, 0.15) is 12.6 Å². The van der Waals surface area contributed by atoms with E-state index in [4.69, 9.17) is 0 Å². The first-order chi connectivity index (χ1) is 11.6. The number of carbonyl (C=O) groups excluding carboxylic acids is 1. The Labute approximate surface area is 149 Å². The number of rotatable bonds is 9. The molecule has 1 rings (SSSR count). The van der Waals surface area contributed by atoms with Gasteiger partial charge in [0.25, 0.3) is 0 Å². The van der Waals surface area contributed by atoms with Crippen LogP contribution in [0.15, 0.2) is 35.7 Å². The summed E-state index contributed by atoms with van der Waals surface area (Å²) in [6.45, 7) is -1.51. The van der Waals surface area contributed by atoms with E-state index in [1.807, 2.05) is 0 Å². The van der Waals surface area contributed by atoms with E-state index in [-0.39, 0.29) is 6.42 Å². The number of alkyl halides is 3. The number of carbonyl (C=O) groups is 1. The molecule has 2 N–H and O–H groups in total. The van der Waals surface area contributed by atoms with E-state index in [1.54, 1.807) is 41.9 Å². The maximum absolute atomic E-state index is 12.2. The van der Waals surface area contributed by atoms with Crippen LogP contribution in [0.25, 0.3) is 6.08 Å². The van der Waals surface area contributed by atoms with Gasteiger partial charge in [0, 0.05) is 5.41 Å². The Morgan fingerprint density at radius 2 is 1.92 bits per heavy atom. The predicted molar refractivity (Wildman–Crippen MR) is 93.4 cm³/mol. The lowest BCUT2D eigenvalue weighted by molar-refractivity contribution is -0.139. The fourth-order valence-electron chi connectivity index (χ4n) is 1.76. The van der Waals surface area contributed by atoms with E-state index in [0.717, 1.165) is 5.41 Å². The first-order valence-corrected chi connectivity index (χ1v) is 10.2. The van der Waals surface area contributed by atoms with E-state index >= 15 is 0 Å². The molecule has 0 aromatic heterocycles. The number of amides is 1. The molecule has 0 saturated carbocycles. The number of hydrogen-bond donors (Lipinski definition) is 2. The number of sulfonamides is 1. The average Bonchev–Trinajstić information content (AvgIpc) is 2.55. The first kappa shape index (κ1) is 21.5. The van der Waals surface area contributed by atoms with Crippen LogP contribution in [0.2, 0.25) is 0 Å². The molecule has 140 valence electrons. The van der Waals surface area contributed by atoms with E-state index in [9.17, 15) is 26.4 Å². The van der Waals surface area contributed by atoms with Crippen molar-refractivity contribution in [2.75, 3.05) is 18.6 Å². The van der Waals surface area contributed by atoms with Crippen molar-refractivity contribution in [1.82, 2.24) is 10.0 Å². The second-order valence-corrected chi connectivity index (χ2v) is 7.63. The molecule has 0 aliphatic carbocycles. The normalized spacial score (nSPS) is 13.8. The number of nitrogens with one attached hydrogen (secondary N) is 2. The Morgan fingerprint density at radius 1 is 1.28 bits per heavy atom. The maximum Gasteiger partial charge on any atom is 0.405 e.